The molecule has 0 spiro atoms. The van der Waals surface area contributed by atoms with Crippen molar-refractivity contribution in [3.8, 4) is 16.9 Å². The maximum absolute atomic E-state index is 12.3. The molecule has 2 saturated heterocycles. The molecule has 0 saturated carbocycles. The Morgan fingerprint density at radius 1 is 1.18 bits per heavy atom. The van der Waals surface area contributed by atoms with Crippen molar-refractivity contribution in [2.75, 3.05) is 27.2 Å². The first-order chi connectivity index (χ1) is 13.5. The molecular weight excluding hydrogens is 352 g/mol. The van der Waals surface area contributed by atoms with Gasteiger partial charge < -0.3 is 19.2 Å². The summed E-state index contributed by atoms with van der Waals surface area (Å²) >= 11 is 0. The lowest BCUT2D eigenvalue weighted by atomic mass is 10.0. The minimum Gasteiger partial charge on any atom is -0.496 e. The molecule has 28 heavy (non-hydrogen) atoms. The lowest BCUT2D eigenvalue weighted by molar-refractivity contribution is 0.142. The van der Waals surface area contributed by atoms with Crippen molar-refractivity contribution >= 4 is 10.9 Å². The molecule has 6 nitrogen and oxygen atoms in total. The average molecular weight is 378 g/mol. The van der Waals surface area contributed by atoms with E-state index in [0.717, 1.165) is 41.9 Å². The van der Waals surface area contributed by atoms with Crippen LogP contribution in [0.3, 0.4) is 0 Å². The fraction of sp³-hybridized carbons (Fsp3) is 0.409. The van der Waals surface area contributed by atoms with Crippen LogP contribution in [0.1, 0.15) is 12.0 Å². The van der Waals surface area contributed by atoms with Gasteiger partial charge in [0.15, 0.2) is 0 Å². The van der Waals surface area contributed by atoms with E-state index in [4.69, 9.17) is 4.74 Å². The normalized spacial score (nSPS) is 22.4. The second-order valence-electron chi connectivity index (χ2n) is 8.16. The van der Waals surface area contributed by atoms with E-state index in [2.05, 4.69) is 40.0 Å². The van der Waals surface area contributed by atoms with Gasteiger partial charge in [-0.25, -0.2) is 0 Å². The first-order valence-electron chi connectivity index (χ1n) is 9.83. The highest BCUT2D eigenvalue weighted by molar-refractivity contribution is 5.94. The summed E-state index contributed by atoms with van der Waals surface area (Å²) < 4.78 is 7.38. The van der Waals surface area contributed by atoms with Crippen LogP contribution in [0.5, 0.6) is 5.75 Å². The zero-order valence-electron chi connectivity index (χ0n) is 16.6. The average Bonchev–Trinajstić information content (AvgIpc) is 3.41. The number of benzene rings is 1. The van der Waals surface area contributed by atoms with E-state index in [-0.39, 0.29) is 5.56 Å². The highest BCUT2D eigenvalue weighted by Crippen LogP contribution is 2.35. The Morgan fingerprint density at radius 3 is 2.75 bits per heavy atom. The third kappa shape index (κ3) is 2.67. The quantitative estimate of drug-likeness (QED) is 0.758. The minimum absolute atomic E-state index is 0.0126. The Kier molecular flexibility index (Phi) is 4.07. The highest BCUT2D eigenvalue weighted by Gasteiger charge is 2.41. The number of hydrogen-bond acceptors (Lipinski definition) is 4. The smallest absolute Gasteiger partial charge is 0.274 e. The van der Waals surface area contributed by atoms with E-state index in [1.807, 2.05) is 18.5 Å². The summed E-state index contributed by atoms with van der Waals surface area (Å²) in [6.07, 6.45) is 5.00. The number of likely N-dealkylation sites (tertiary alicyclic amines) is 2. The van der Waals surface area contributed by atoms with Gasteiger partial charge in [-0.05, 0) is 31.2 Å². The summed E-state index contributed by atoms with van der Waals surface area (Å²) in [7, 11) is 5.75. The van der Waals surface area contributed by atoms with Crippen LogP contribution in [-0.4, -0.2) is 58.7 Å². The van der Waals surface area contributed by atoms with Crippen molar-refractivity contribution in [1.82, 2.24) is 19.4 Å². The number of aromatic nitrogens is 2. The summed E-state index contributed by atoms with van der Waals surface area (Å²) in [4.78, 5) is 20.5. The predicted octanol–water partition coefficient (Wildman–Crippen LogP) is 2.43. The molecule has 5 rings (SSSR count). The van der Waals surface area contributed by atoms with Crippen LogP contribution in [0, 0.1) is 0 Å². The number of hydrogen-bond donors (Lipinski definition) is 1. The Labute approximate surface area is 164 Å². The molecule has 0 radical (unpaired) electrons. The van der Waals surface area contributed by atoms with Crippen LogP contribution in [0.25, 0.3) is 22.0 Å². The van der Waals surface area contributed by atoms with Crippen molar-refractivity contribution in [2.24, 2.45) is 7.05 Å². The molecule has 0 amide bonds. The van der Waals surface area contributed by atoms with Crippen molar-refractivity contribution < 1.29 is 4.74 Å². The minimum atomic E-state index is -0.0126. The number of H-pyrrole nitrogens is 1. The van der Waals surface area contributed by atoms with Gasteiger partial charge in [0.05, 0.1) is 7.11 Å². The van der Waals surface area contributed by atoms with Gasteiger partial charge in [0.25, 0.3) is 5.56 Å². The number of likely N-dealkylation sites (N-methyl/N-ethyl adjacent to an activating group) is 1. The number of fused-ring (bicyclic) bond motifs is 3. The number of rotatable bonds is 4. The van der Waals surface area contributed by atoms with E-state index in [9.17, 15) is 4.79 Å². The Hall–Kier alpha value is -2.57. The monoisotopic (exact) mass is 378 g/mol. The lowest BCUT2D eigenvalue weighted by Gasteiger charge is -2.32. The van der Waals surface area contributed by atoms with Crippen LogP contribution in [0.15, 0.2) is 41.5 Å². The number of ether oxygens (including phenoxy) is 1. The fourth-order valence-corrected chi connectivity index (χ4v) is 4.90. The van der Waals surface area contributed by atoms with E-state index >= 15 is 0 Å². The van der Waals surface area contributed by atoms with Gasteiger partial charge in [0.2, 0.25) is 0 Å². The van der Waals surface area contributed by atoms with Gasteiger partial charge >= 0.3 is 0 Å². The number of aromatic amines is 1. The highest BCUT2D eigenvalue weighted by atomic mass is 16.5. The van der Waals surface area contributed by atoms with Gasteiger partial charge in [0, 0.05) is 67.7 Å². The molecule has 3 aromatic rings. The molecule has 0 unspecified atom stereocenters. The van der Waals surface area contributed by atoms with Gasteiger partial charge in [-0.3, -0.25) is 9.69 Å². The number of piperazine rings is 1. The predicted molar refractivity (Wildman–Crippen MR) is 111 cm³/mol. The van der Waals surface area contributed by atoms with Crippen LogP contribution in [0.2, 0.25) is 0 Å². The van der Waals surface area contributed by atoms with Crippen LogP contribution >= 0.6 is 0 Å². The molecular formula is C22H26N4O2. The molecule has 6 heteroatoms. The zero-order valence-corrected chi connectivity index (χ0v) is 16.6. The Bertz CT molecular complexity index is 1100. The van der Waals surface area contributed by atoms with Gasteiger partial charge in [0.1, 0.15) is 11.3 Å². The first kappa shape index (κ1) is 17.5. The molecule has 1 N–H and O–H groups in total. The first-order valence-corrected chi connectivity index (χ1v) is 9.83. The van der Waals surface area contributed by atoms with E-state index in [1.54, 1.807) is 18.7 Å². The second kappa shape index (κ2) is 6.50. The number of nitrogens with one attached hydrogen (secondary N) is 1. The van der Waals surface area contributed by atoms with Gasteiger partial charge in [-0.1, -0.05) is 12.1 Å². The van der Waals surface area contributed by atoms with Crippen LogP contribution in [-0.2, 0) is 13.6 Å². The number of pyridine rings is 1. The number of methoxy groups -OCH3 is 1. The van der Waals surface area contributed by atoms with Crippen molar-refractivity contribution in [3.63, 3.8) is 0 Å². The summed E-state index contributed by atoms with van der Waals surface area (Å²) in [5, 5.41) is 0.942. The van der Waals surface area contributed by atoms with Crippen molar-refractivity contribution in [3.05, 3.63) is 52.6 Å². The molecule has 1 aromatic carbocycles. The fourth-order valence-electron chi connectivity index (χ4n) is 4.90. The van der Waals surface area contributed by atoms with E-state index in [0.29, 0.717) is 17.6 Å². The van der Waals surface area contributed by atoms with Gasteiger partial charge in [-0.15, -0.1) is 0 Å². The zero-order chi connectivity index (χ0) is 19.4. The molecule has 2 fully saturated rings. The maximum Gasteiger partial charge on any atom is 0.274 e. The Balaban J connectivity index is 1.49. The van der Waals surface area contributed by atoms with E-state index < -0.39 is 0 Å². The SMILES string of the molecule is COc1cc(-c2cn(C)c(=O)c3[nH]ccc23)ccc1CN1C[C@@H]2C[C@H]1CN2C. The largest absolute Gasteiger partial charge is 0.496 e. The summed E-state index contributed by atoms with van der Waals surface area (Å²) in [6, 6.07) is 9.73. The summed E-state index contributed by atoms with van der Waals surface area (Å²) in [5.74, 6) is 0.908. The maximum atomic E-state index is 12.3. The molecule has 2 aliphatic rings. The molecule has 2 bridgehead atoms. The van der Waals surface area contributed by atoms with Crippen molar-refractivity contribution in [1.29, 1.82) is 0 Å². The topological polar surface area (TPSA) is 53.5 Å². The second-order valence-corrected chi connectivity index (χ2v) is 8.16. The van der Waals surface area contributed by atoms with Crippen molar-refractivity contribution in [2.45, 2.75) is 25.0 Å². The third-order valence-electron chi connectivity index (χ3n) is 6.49. The van der Waals surface area contributed by atoms with Crippen LogP contribution < -0.4 is 10.3 Å². The van der Waals surface area contributed by atoms with Gasteiger partial charge in [-0.2, -0.15) is 0 Å². The van der Waals surface area contributed by atoms with E-state index in [1.165, 1.54) is 12.0 Å². The van der Waals surface area contributed by atoms with Crippen LogP contribution in [0.4, 0.5) is 0 Å². The lowest BCUT2D eigenvalue weighted by Crippen LogP contribution is -2.43. The standard InChI is InChI=1S/C22H26N4O2/c1-24-11-17-9-16(24)12-26(17)10-15-5-4-14(8-20(15)28-3)19-13-25(2)22(27)21-18(19)6-7-23-21/h4-8,13,16-17,23H,9-12H2,1-3H3/t16-,17-/m0/s1. The molecule has 2 aromatic heterocycles. The third-order valence-corrected chi connectivity index (χ3v) is 6.49. The summed E-state index contributed by atoms with van der Waals surface area (Å²) in [5.41, 5.74) is 3.94. The molecule has 4 heterocycles. The Morgan fingerprint density at radius 2 is 2.04 bits per heavy atom. The summed E-state index contributed by atoms with van der Waals surface area (Å²) in [6.45, 7) is 3.22. The molecule has 146 valence electrons. The number of aryl methyl sites for hydroxylation is 1. The number of nitrogens with zero attached hydrogens (tertiary/aromatic N) is 3. The molecule has 2 aliphatic heterocycles. The molecule has 0 aliphatic carbocycles. The molecule has 2 atom stereocenters.